The number of carbonyl (C=O) groups is 1. The van der Waals surface area contributed by atoms with Crippen molar-refractivity contribution in [3.8, 4) is 0 Å². The van der Waals surface area contributed by atoms with Crippen LogP contribution in [0.5, 0.6) is 0 Å². The van der Waals surface area contributed by atoms with Gasteiger partial charge in [-0.15, -0.1) is 0 Å². The summed E-state index contributed by atoms with van der Waals surface area (Å²) in [5, 5.41) is 3.51. The summed E-state index contributed by atoms with van der Waals surface area (Å²) in [6.07, 6.45) is 1.41. The molecule has 0 bridgehead atoms. The number of nitrogens with one attached hydrogen (secondary N) is 1. The van der Waals surface area contributed by atoms with Gasteiger partial charge in [-0.1, -0.05) is 24.3 Å². The van der Waals surface area contributed by atoms with Gasteiger partial charge in [0.2, 0.25) is 5.91 Å². The van der Waals surface area contributed by atoms with Crippen LogP contribution in [0, 0.1) is 6.92 Å². The van der Waals surface area contributed by atoms with Crippen LogP contribution in [0.2, 0.25) is 0 Å². The molecular weight excluding hydrogens is 220 g/mol. The Hall–Kier alpha value is -1.42. The van der Waals surface area contributed by atoms with Crippen LogP contribution in [0.1, 0.15) is 25.3 Å². The second-order valence-corrected chi connectivity index (χ2v) is 4.82. The van der Waals surface area contributed by atoms with Crippen LogP contribution in [0.15, 0.2) is 18.2 Å². The summed E-state index contributed by atoms with van der Waals surface area (Å²) in [5.74, 6) is 0.0401. The third-order valence-corrected chi connectivity index (χ3v) is 3.20. The number of aryl methyl sites for hydroxylation is 1. The minimum absolute atomic E-state index is 0.0401. The highest BCUT2D eigenvalue weighted by molar-refractivity contribution is 7.22. The summed E-state index contributed by atoms with van der Waals surface area (Å²) < 4.78 is 1.12. The predicted octanol–water partition coefficient (Wildman–Crippen LogP) is 3.34. The monoisotopic (exact) mass is 234 g/mol. The number of amides is 1. The van der Waals surface area contributed by atoms with Crippen LogP contribution in [-0.4, -0.2) is 10.9 Å². The van der Waals surface area contributed by atoms with E-state index in [1.807, 2.05) is 19.1 Å². The van der Waals surface area contributed by atoms with Gasteiger partial charge in [0.05, 0.1) is 10.2 Å². The number of nitrogens with zero attached hydrogens (tertiary/aromatic N) is 1. The van der Waals surface area contributed by atoms with Crippen LogP contribution in [0.3, 0.4) is 0 Å². The molecule has 1 aromatic heterocycles. The van der Waals surface area contributed by atoms with E-state index in [1.165, 1.54) is 16.9 Å². The highest BCUT2D eigenvalue weighted by Crippen LogP contribution is 2.26. The Balaban J connectivity index is 2.23. The maximum atomic E-state index is 11.4. The smallest absolute Gasteiger partial charge is 0.226 e. The van der Waals surface area contributed by atoms with Crippen molar-refractivity contribution in [2.24, 2.45) is 0 Å². The van der Waals surface area contributed by atoms with Gasteiger partial charge in [0.1, 0.15) is 0 Å². The molecule has 0 atom stereocenters. The summed E-state index contributed by atoms with van der Waals surface area (Å²) in [7, 11) is 0. The molecule has 0 radical (unpaired) electrons. The first-order valence-electron chi connectivity index (χ1n) is 5.36. The minimum Gasteiger partial charge on any atom is -0.302 e. The fraction of sp³-hybridized carbons (Fsp3) is 0.333. The second kappa shape index (κ2) is 4.61. The Kier molecular flexibility index (Phi) is 3.19. The molecule has 1 aromatic carbocycles. The van der Waals surface area contributed by atoms with Crippen molar-refractivity contribution in [1.82, 2.24) is 4.98 Å². The van der Waals surface area contributed by atoms with Crippen LogP contribution in [0.25, 0.3) is 10.2 Å². The first kappa shape index (κ1) is 11.1. The van der Waals surface area contributed by atoms with E-state index in [4.69, 9.17) is 0 Å². The Morgan fingerprint density at radius 3 is 3.06 bits per heavy atom. The van der Waals surface area contributed by atoms with E-state index in [0.717, 1.165) is 16.6 Å². The molecule has 0 fully saturated rings. The molecule has 0 saturated heterocycles. The first-order valence-corrected chi connectivity index (χ1v) is 6.17. The van der Waals surface area contributed by atoms with Crippen molar-refractivity contribution in [2.45, 2.75) is 26.7 Å². The van der Waals surface area contributed by atoms with Gasteiger partial charge < -0.3 is 5.32 Å². The fourth-order valence-electron chi connectivity index (χ4n) is 1.49. The standard InChI is InChI=1S/C12H14N2OS/c1-3-4-11(15)14-12-13-9-6-5-8(2)7-10(9)16-12/h5-7H,3-4H2,1-2H3,(H,13,14,15). The van der Waals surface area contributed by atoms with Gasteiger partial charge in [0.15, 0.2) is 5.13 Å². The summed E-state index contributed by atoms with van der Waals surface area (Å²) in [5.41, 5.74) is 2.16. The van der Waals surface area contributed by atoms with Crippen LogP contribution in [0.4, 0.5) is 5.13 Å². The molecule has 0 aliphatic heterocycles. The van der Waals surface area contributed by atoms with Crippen LogP contribution >= 0.6 is 11.3 Å². The Morgan fingerprint density at radius 1 is 1.50 bits per heavy atom. The zero-order chi connectivity index (χ0) is 11.5. The highest BCUT2D eigenvalue weighted by Gasteiger charge is 2.06. The molecular formula is C12H14N2OS. The molecule has 1 amide bonds. The molecule has 84 valence electrons. The lowest BCUT2D eigenvalue weighted by Gasteiger charge is -1.97. The molecule has 0 spiro atoms. The van der Waals surface area contributed by atoms with Gasteiger partial charge in [-0.2, -0.15) is 0 Å². The van der Waals surface area contributed by atoms with Crippen molar-refractivity contribution < 1.29 is 4.79 Å². The lowest BCUT2D eigenvalue weighted by molar-refractivity contribution is -0.116. The number of thiazole rings is 1. The number of hydrogen-bond acceptors (Lipinski definition) is 3. The normalized spacial score (nSPS) is 10.6. The first-order chi connectivity index (χ1) is 7.69. The number of benzene rings is 1. The summed E-state index contributed by atoms with van der Waals surface area (Å²) in [6.45, 7) is 4.04. The number of aromatic nitrogens is 1. The highest BCUT2D eigenvalue weighted by atomic mass is 32.1. The van der Waals surface area contributed by atoms with E-state index in [0.29, 0.717) is 11.6 Å². The molecule has 2 rings (SSSR count). The van der Waals surface area contributed by atoms with Crippen molar-refractivity contribution in [1.29, 1.82) is 0 Å². The van der Waals surface area contributed by atoms with Crippen molar-refractivity contribution in [3.63, 3.8) is 0 Å². The number of fused-ring (bicyclic) bond motifs is 1. The Morgan fingerprint density at radius 2 is 2.31 bits per heavy atom. The number of hydrogen-bond donors (Lipinski definition) is 1. The van der Waals surface area contributed by atoms with E-state index in [1.54, 1.807) is 0 Å². The van der Waals surface area contributed by atoms with Gasteiger partial charge in [0.25, 0.3) is 0 Å². The van der Waals surface area contributed by atoms with Crippen LogP contribution < -0.4 is 5.32 Å². The molecule has 2 aromatic rings. The van der Waals surface area contributed by atoms with Crippen LogP contribution in [-0.2, 0) is 4.79 Å². The predicted molar refractivity (Wildman–Crippen MR) is 67.9 cm³/mol. The van der Waals surface area contributed by atoms with Gasteiger partial charge in [-0.3, -0.25) is 4.79 Å². The average molecular weight is 234 g/mol. The number of rotatable bonds is 3. The molecule has 1 N–H and O–H groups in total. The van der Waals surface area contributed by atoms with E-state index >= 15 is 0 Å². The van der Waals surface area contributed by atoms with E-state index in [2.05, 4.69) is 23.3 Å². The third-order valence-electron chi connectivity index (χ3n) is 2.27. The minimum atomic E-state index is 0.0401. The molecule has 4 heteroatoms. The van der Waals surface area contributed by atoms with Gasteiger partial charge in [-0.05, 0) is 31.0 Å². The molecule has 16 heavy (non-hydrogen) atoms. The van der Waals surface area contributed by atoms with Crippen molar-refractivity contribution in [3.05, 3.63) is 23.8 Å². The Labute approximate surface area is 98.5 Å². The number of carbonyl (C=O) groups excluding carboxylic acids is 1. The second-order valence-electron chi connectivity index (χ2n) is 3.79. The molecule has 0 aliphatic rings. The molecule has 3 nitrogen and oxygen atoms in total. The fourth-order valence-corrected chi connectivity index (χ4v) is 2.47. The quantitative estimate of drug-likeness (QED) is 0.885. The molecule has 0 saturated carbocycles. The van der Waals surface area contributed by atoms with Gasteiger partial charge >= 0.3 is 0 Å². The maximum Gasteiger partial charge on any atom is 0.226 e. The lowest BCUT2D eigenvalue weighted by atomic mass is 10.2. The summed E-state index contributed by atoms with van der Waals surface area (Å²) in [6, 6.07) is 6.10. The zero-order valence-corrected chi connectivity index (χ0v) is 10.2. The maximum absolute atomic E-state index is 11.4. The third kappa shape index (κ3) is 2.39. The largest absolute Gasteiger partial charge is 0.302 e. The van der Waals surface area contributed by atoms with Crippen molar-refractivity contribution >= 4 is 32.6 Å². The van der Waals surface area contributed by atoms with Gasteiger partial charge in [0, 0.05) is 6.42 Å². The molecule has 0 unspecified atom stereocenters. The van der Waals surface area contributed by atoms with E-state index in [9.17, 15) is 4.79 Å². The summed E-state index contributed by atoms with van der Waals surface area (Å²) in [4.78, 5) is 15.8. The van der Waals surface area contributed by atoms with E-state index in [-0.39, 0.29) is 5.91 Å². The van der Waals surface area contributed by atoms with Crippen molar-refractivity contribution in [2.75, 3.05) is 5.32 Å². The number of anilines is 1. The SMILES string of the molecule is CCCC(=O)Nc1nc2ccc(C)cc2s1. The molecule has 1 heterocycles. The van der Waals surface area contributed by atoms with E-state index < -0.39 is 0 Å². The van der Waals surface area contributed by atoms with Gasteiger partial charge in [-0.25, -0.2) is 4.98 Å². The average Bonchev–Trinajstić information content (AvgIpc) is 2.59. The molecule has 0 aliphatic carbocycles. The summed E-state index contributed by atoms with van der Waals surface area (Å²) >= 11 is 1.52. The lowest BCUT2D eigenvalue weighted by Crippen LogP contribution is -2.09. The Bertz CT molecular complexity index is 519. The topological polar surface area (TPSA) is 42.0 Å². The zero-order valence-electron chi connectivity index (χ0n) is 9.41.